The maximum absolute atomic E-state index is 13.0. The van der Waals surface area contributed by atoms with Crippen LogP contribution in [0.25, 0.3) is 0 Å². The van der Waals surface area contributed by atoms with Crippen molar-refractivity contribution in [2.24, 2.45) is 0 Å². The zero-order valence-electron chi connectivity index (χ0n) is 23.2. The van der Waals surface area contributed by atoms with Crippen molar-refractivity contribution in [1.82, 2.24) is 0 Å². The van der Waals surface area contributed by atoms with Gasteiger partial charge in [-0.15, -0.1) is 0 Å². The van der Waals surface area contributed by atoms with Crippen molar-refractivity contribution in [2.45, 2.75) is 39.5 Å². The van der Waals surface area contributed by atoms with Gasteiger partial charge in [0.05, 0.1) is 92.1 Å². The minimum absolute atomic E-state index is 0.0532. The third kappa shape index (κ3) is 24.8. The van der Waals surface area contributed by atoms with E-state index in [4.69, 9.17) is 56.3 Å². The molecule has 0 aromatic rings. The number of ether oxygens (including phenoxy) is 4. The maximum Gasteiger partial charge on any atom is 0.475 e. The predicted molar refractivity (Wildman–Crippen MR) is 139 cm³/mol. The van der Waals surface area contributed by atoms with Crippen LogP contribution in [-0.2, 0) is 64.8 Å². The first-order valence-electron chi connectivity index (χ1n) is 13.0. The Bertz CT molecular complexity index is 690. The van der Waals surface area contributed by atoms with Gasteiger partial charge in [-0.1, -0.05) is 13.8 Å². The molecule has 0 aromatic heterocycles. The molecular weight excluding hydrogens is 582 g/mol. The third-order valence-electron chi connectivity index (χ3n) is 4.11. The molecule has 0 bridgehead atoms. The monoisotopic (exact) mass is 626 g/mol. The topological polar surface area (TPSA) is 201 Å². The van der Waals surface area contributed by atoms with Crippen LogP contribution < -0.4 is 0 Å². The van der Waals surface area contributed by atoms with Gasteiger partial charge in [-0.2, -0.15) is 0 Å². The highest BCUT2D eigenvalue weighted by molar-refractivity contribution is 7.48. The molecule has 0 fully saturated rings. The van der Waals surface area contributed by atoms with Gasteiger partial charge < -0.3 is 29.2 Å². The molecule has 0 radical (unpaired) electrons. The predicted octanol–water partition coefficient (Wildman–Crippen LogP) is 3.14. The van der Waals surface area contributed by atoms with Crippen molar-refractivity contribution in [3.63, 3.8) is 0 Å². The van der Waals surface area contributed by atoms with Gasteiger partial charge in [-0.3, -0.25) is 36.7 Å². The lowest BCUT2D eigenvalue weighted by Gasteiger charge is -2.20. The van der Waals surface area contributed by atoms with E-state index in [1.807, 2.05) is 13.8 Å². The average molecular weight is 627 g/mol. The van der Waals surface area contributed by atoms with Crippen LogP contribution in [0.5, 0.6) is 0 Å². The zero-order valence-corrected chi connectivity index (χ0v) is 25.0. The quantitative estimate of drug-likeness (QED) is 0.0838. The van der Waals surface area contributed by atoms with Gasteiger partial charge in [0, 0.05) is 13.2 Å². The molecule has 238 valence electrons. The summed E-state index contributed by atoms with van der Waals surface area (Å²) in [6.45, 7) is 3.56. The Morgan fingerprint density at radius 2 is 0.700 bits per heavy atom. The van der Waals surface area contributed by atoms with Crippen LogP contribution in [0.2, 0.25) is 0 Å². The zero-order chi connectivity index (χ0) is 30.0. The van der Waals surface area contributed by atoms with E-state index < -0.39 is 34.2 Å². The Balaban J connectivity index is 4.79. The lowest BCUT2D eigenvalue weighted by Crippen LogP contribution is -2.14. The lowest BCUT2D eigenvalue weighted by molar-refractivity contribution is -0.139. The summed E-state index contributed by atoms with van der Waals surface area (Å²) in [6, 6.07) is 0. The highest BCUT2D eigenvalue weighted by Gasteiger charge is 2.30. The molecule has 0 amide bonds. The van der Waals surface area contributed by atoms with Gasteiger partial charge in [-0.25, -0.2) is 9.13 Å². The fourth-order valence-electron chi connectivity index (χ4n) is 2.37. The normalized spacial score (nSPS) is 12.2. The molecule has 0 rings (SSSR count). The molecule has 0 saturated carbocycles. The number of hydrogen-bond acceptors (Lipinski definition) is 14. The van der Waals surface area contributed by atoms with Crippen LogP contribution in [0.15, 0.2) is 0 Å². The second-order valence-corrected chi connectivity index (χ2v) is 11.0. The number of carboxylic acids is 2. The van der Waals surface area contributed by atoms with Gasteiger partial charge in [0.25, 0.3) is 0 Å². The number of rotatable bonds is 31. The highest BCUT2D eigenvalue weighted by atomic mass is 31.2. The van der Waals surface area contributed by atoms with Crippen LogP contribution in [0.3, 0.4) is 0 Å². The summed E-state index contributed by atoms with van der Waals surface area (Å²) in [4.78, 5) is 21.1. The van der Waals surface area contributed by atoms with Crippen molar-refractivity contribution < 1.29 is 75.0 Å². The first-order chi connectivity index (χ1) is 19.2. The summed E-state index contributed by atoms with van der Waals surface area (Å²) in [7, 11) is -8.22. The molecule has 0 aromatic carbocycles. The van der Waals surface area contributed by atoms with Gasteiger partial charge in [0.2, 0.25) is 0 Å². The number of aliphatic carboxylic acids is 2. The molecule has 0 aliphatic heterocycles. The molecule has 2 N–H and O–H groups in total. The first kappa shape index (κ1) is 39.0. The smallest absolute Gasteiger partial charge is 0.475 e. The molecule has 16 nitrogen and oxygen atoms in total. The second kappa shape index (κ2) is 25.7. The van der Waals surface area contributed by atoms with Crippen molar-refractivity contribution in [2.75, 3.05) is 92.5 Å². The van der Waals surface area contributed by atoms with Crippen LogP contribution >= 0.6 is 15.6 Å². The van der Waals surface area contributed by atoms with E-state index in [0.717, 1.165) is 12.8 Å². The largest absolute Gasteiger partial charge is 0.481 e. The Kier molecular flexibility index (Phi) is 25.0. The van der Waals surface area contributed by atoms with Gasteiger partial charge >= 0.3 is 27.6 Å². The molecule has 0 aliphatic rings. The number of phosphoric ester groups is 2. The molecule has 0 saturated heterocycles. The summed E-state index contributed by atoms with van der Waals surface area (Å²) in [6.07, 6.45) is 1.19. The summed E-state index contributed by atoms with van der Waals surface area (Å²) in [5, 5.41) is 17.3. The van der Waals surface area contributed by atoms with Gasteiger partial charge in [-0.05, 0) is 12.8 Å². The SMILES string of the molecule is CCCOCCOP(=O)(OCCOCCC)OCCOP(=O)(OCCOCCC(=O)O)OCCOCCC(=O)O. The fourth-order valence-corrected chi connectivity index (χ4v) is 4.61. The Morgan fingerprint density at radius 1 is 0.450 bits per heavy atom. The van der Waals surface area contributed by atoms with Crippen LogP contribution in [-0.4, -0.2) is 115 Å². The molecule has 0 heterocycles. The Labute approximate surface area is 235 Å². The number of hydrogen-bond donors (Lipinski definition) is 2. The lowest BCUT2D eigenvalue weighted by atomic mass is 10.5. The number of carbonyl (C=O) groups is 2. The molecule has 0 unspecified atom stereocenters. The van der Waals surface area contributed by atoms with Gasteiger partial charge in [0.1, 0.15) is 0 Å². The molecule has 0 spiro atoms. The summed E-state index contributed by atoms with van der Waals surface area (Å²) >= 11 is 0. The summed E-state index contributed by atoms with van der Waals surface area (Å²) < 4.78 is 78.1. The molecule has 0 aliphatic carbocycles. The minimum Gasteiger partial charge on any atom is -0.481 e. The Morgan fingerprint density at radius 3 is 0.950 bits per heavy atom. The van der Waals surface area contributed by atoms with E-state index in [1.54, 1.807) is 0 Å². The van der Waals surface area contributed by atoms with Crippen molar-refractivity contribution in [3.8, 4) is 0 Å². The van der Waals surface area contributed by atoms with Crippen LogP contribution in [0.4, 0.5) is 0 Å². The average Bonchev–Trinajstić information content (AvgIpc) is 2.90. The van der Waals surface area contributed by atoms with E-state index in [0.29, 0.717) is 13.2 Å². The van der Waals surface area contributed by atoms with E-state index in [2.05, 4.69) is 0 Å². The Hall–Kier alpha value is -1.00. The van der Waals surface area contributed by atoms with E-state index in [9.17, 15) is 18.7 Å². The van der Waals surface area contributed by atoms with E-state index in [-0.39, 0.29) is 85.5 Å². The second-order valence-electron chi connectivity index (χ2n) is 7.63. The standard InChI is InChI=1S/C22H44O16P2/c1-3-7-29-11-15-33-39(27,34-16-12-30-8-4-2)37-19-20-38-40(28,35-17-13-31-9-5-21(23)24)36-18-14-32-10-6-22(25)26/h3-20H2,1-2H3,(H,23,24)(H,25,26). The van der Waals surface area contributed by atoms with Crippen LogP contribution in [0, 0.1) is 0 Å². The highest BCUT2D eigenvalue weighted by Crippen LogP contribution is 2.51. The minimum atomic E-state index is -4.19. The van der Waals surface area contributed by atoms with E-state index >= 15 is 0 Å². The maximum atomic E-state index is 13.0. The third-order valence-corrected chi connectivity index (χ3v) is 7.10. The summed E-state index contributed by atoms with van der Waals surface area (Å²) in [5.41, 5.74) is 0. The molecule has 40 heavy (non-hydrogen) atoms. The van der Waals surface area contributed by atoms with Crippen LogP contribution in [0.1, 0.15) is 39.5 Å². The number of phosphoric acid groups is 2. The van der Waals surface area contributed by atoms with Gasteiger partial charge in [0.15, 0.2) is 0 Å². The molecular formula is C22H44O16P2. The fraction of sp³-hybridized carbons (Fsp3) is 0.909. The van der Waals surface area contributed by atoms with Crippen molar-refractivity contribution >= 4 is 27.6 Å². The molecule has 18 heteroatoms. The summed E-state index contributed by atoms with van der Waals surface area (Å²) in [5.74, 6) is -2.07. The first-order valence-corrected chi connectivity index (χ1v) is 15.9. The van der Waals surface area contributed by atoms with Crippen molar-refractivity contribution in [3.05, 3.63) is 0 Å². The van der Waals surface area contributed by atoms with Crippen molar-refractivity contribution in [1.29, 1.82) is 0 Å². The van der Waals surface area contributed by atoms with E-state index in [1.165, 1.54) is 0 Å². The number of carboxylic acid groups (broad SMARTS) is 2. The molecule has 0 atom stereocenters.